The molecular weight excluding hydrogens is 277 g/mol. The maximum absolute atomic E-state index is 13.3. The van der Waals surface area contributed by atoms with Crippen LogP contribution in [0.4, 0.5) is 10.1 Å². The molecule has 0 bridgehead atoms. The lowest BCUT2D eigenvalue weighted by molar-refractivity contribution is -0.141. The Labute approximate surface area is 122 Å². The average Bonchev–Trinajstić information content (AvgIpc) is 2.45. The molecule has 7 heteroatoms. The summed E-state index contributed by atoms with van der Waals surface area (Å²) in [5.74, 6) is -2.06. The summed E-state index contributed by atoms with van der Waals surface area (Å²) in [6.45, 7) is 0.288. The quantitative estimate of drug-likeness (QED) is 0.508. The molecule has 21 heavy (non-hydrogen) atoms. The summed E-state index contributed by atoms with van der Waals surface area (Å²) in [7, 11) is 0. The van der Waals surface area contributed by atoms with Gasteiger partial charge in [0.15, 0.2) is 0 Å². The molecule has 0 fully saturated rings. The fourth-order valence-corrected chi connectivity index (χ4v) is 1.78. The third-order valence-corrected chi connectivity index (χ3v) is 2.89. The van der Waals surface area contributed by atoms with E-state index < -0.39 is 23.7 Å². The maximum Gasteiger partial charge on any atom is 0.326 e. The third-order valence-electron chi connectivity index (χ3n) is 2.89. The Morgan fingerprint density at radius 3 is 2.62 bits per heavy atom. The molecule has 5 N–H and O–H groups in total. The van der Waals surface area contributed by atoms with Crippen LogP contribution >= 0.6 is 0 Å². The Bertz CT molecular complexity index is 482. The first-order chi connectivity index (χ1) is 10.0. The number of para-hydroxylation sites is 1. The Balaban J connectivity index is 2.43. The Hall–Kier alpha value is -2.15. The number of nitrogens with one attached hydrogen (secondary N) is 2. The van der Waals surface area contributed by atoms with E-state index in [4.69, 9.17) is 10.8 Å². The van der Waals surface area contributed by atoms with E-state index in [0.29, 0.717) is 25.8 Å². The van der Waals surface area contributed by atoms with Crippen molar-refractivity contribution in [3.63, 3.8) is 0 Å². The summed E-state index contributed by atoms with van der Waals surface area (Å²) in [5, 5.41) is 14.0. The van der Waals surface area contributed by atoms with Crippen LogP contribution in [0.15, 0.2) is 24.3 Å². The zero-order valence-corrected chi connectivity index (χ0v) is 11.6. The lowest BCUT2D eigenvalue weighted by Gasteiger charge is -2.15. The zero-order chi connectivity index (χ0) is 15.7. The molecule has 1 amide bonds. The van der Waals surface area contributed by atoms with Crippen LogP contribution in [0.1, 0.15) is 19.3 Å². The first-order valence-electron chi connectivity index (χ1n) is 6.75. The summed E-state index contributed by atoms with van der Waals surface area (Å²) in [4.78, 5) is 22.7. The van der Waals surface area contributed by atoms with Crippen molar-refractivity contribution in [2.24, 2.45) is 5.73 Å². The number of hydrogen-bond acceptors (Lipinski definition) is 4. The van der Waals surface area contributed by atoms with Crippen LogP contribution < -0.4 is 16.4 Å². The number of benzene rings is 1. The fourth-order valence-electron chi connectivity index (χ4n) is 1.78. The Morgan fingerprint density at radius 1 is 1.29 bits per heavy atom. The number of carboxylic acids is 1. The number of aliphatic carboxylic acids is 1. The van der Waals surface area contributed by atoms with Gasteiger partial charge in [0.05, 0.1) is 12.2 Å². The normalized spacial score (nSPS) is 11.7. The molecule has 0 aliphatic carbocycles. The van der Waals surface area contributed by atoms with Gasteiger partial charge in [-0.15, -0.1) is 0 Å². The van der Waals surface area contributed by atoms with Gasteiger partial charge in [-0.05, 0) is 37.9 Å². The summed E-state index contributed by atoms with van der Waals surface area (Å²) < 4.78 is 13.3. The molecule has 0 radical (unpaired) electrons. The van der Waals surface area contributed by atoms with Crippen molar-refractivity contribution in [2.45, 2.75) is 25.3 Å². The minimum atomic E-state index is -1.09. The van der Waals surface area contributed by atoms with E-state index in [0.717, 1.165) is 0 Å². The average molecular weight is 297 g/mol. The van der Waals surface area contributed by atoms with Gasteiger partial charge in [0.1, 0.15) is 11.9 Å². The van der Waals surface area contributed by atoms with Crippen LogP contribution in [0.3, 0.4) is 0 Å². The molecular formula is C14H20FN3O3. The minimum Gasteiger partial charge on any atom is -0.480 e. The zero-order valence-electron chi connectivity index (χ0n) is 11.6. The number of rotatable bonds is 9. The van der Waals surface area contributed by atoms with Crippen molar-refractivity contribution in [2.75, 3.05) is 18.4 Å². The molecule has 0 aromatic heterocycles. The van der Waals surface area contributed by atoms with E-state index in [1.807, 2.05) is 0 Å². The van der Waals surface area contributed by atoms with Crippen LogP contribution in [0.2, 0.25) is 0 Å². The number of carboxylic acid groups (broad SMARTS) is 1. The second-order valence-corrected chi connectivity index (χ2v) is 4.58. The topological polar surface area (TPSA) is 104 Å². The number of hydrogen-bond donors (Lipinski definition) is 4. The highest BCUT2D eigenvalue weighted by Crippen LogP contribution is 2.11. The number of nitrogens with two attached hydrogens (primary N) is 1. The van der Waals surface area contributed by atoms with Gasteiger partial charge in [0.25, 0.3) is 0 Å². The smallest absolute Gasteiger partial charge is 0.326 e. The molecule has 0 saturated carbocycles. The van der Waals surface area contributed by atoms with Gasteiger partial charge in [-0.1, -0.05) is 12.1 Å². The van der Waals surface area contributed by atoms with E-state index in [2.05, 4.69) is 10.6 Å². The van der Waals surface area contributed by atoms with E-state index in [-0.39, 0.29) is 12.2 Å². The van der Waals surface area contributed by atoms with Gasteiger partial charge in [-0.25, -0.2) is 9.18 Å². The molecule has 0 spiro atoms. The summed E-state index contributed by atoms with van der Waals surface area (Å²) in [6, 6.07) is 4.99. The van der Waals surface area contributed by atoms with Crippen molar-refractivity contribution in [3.8, 4) is 0 Å². The highest BCUT2D eigenvalue weighted by molar-refractivity contribution is 5.86. The number of amides is 1. The fraction of sp³-hybridized carbons (Fsp3) is 0.429. The van der Waals surface area contributed by atoms with Crippen LogP contribution in [-0.4, -0.2) is 36.1 Å². The molecule has 0 aliphatic rings. The lowest BCUT2D eigenvalue weighted by atomic mass is 10.1. The Kier molecular flexibility index (Phi) is 7.17. The van der Waals surface area contributed by atoms with Crippen LogP contribution in [-0.2, 0) is 9.59 Å². The molecule has 0 saturated heterocycles. The van der Waals surface area contributed by atoms with Gasteiger partial charge < -0.3 is 21.5 Å². The number of carbonyl (C=O) groups excluding carboxylic acids is 1. The molecule has 116 valence electrons. The number of halogens is 1. The highest BCUT2D eigenvalue weighted by Gasteiger charge is 2.19. The number of carbonyl (C=O) groups is 2. The van der Waals surface area contributed by atoms with Crippen LogP contribution in [0, 0.1) is 5.82 Å². The molecule has 1 rings (SSSR count). The van der Waals surface area contributed by atoms with Gasteiger partial charge in [0.2, 0.25) is 5.91 Å². The monoisotopic (exact) mass is 297 g/mol. The molecule has 6 nitrogen and oxygen atoms in total. The van der Waals surface area contributed by atoms with Gasteiger partial charge in [-0.3, -0.25) is 4.79 Å². The van der Waals surface area contributed by atoms with Crippen LogP contribution in [0.5, 0.6) is 0 Å². The van der Waals surface area contributed by atoms with Crippen molar-refractivity contribution in [1.29, 1.82) is 0 Å². The predicted octanol–water partition coefficient (Wildman–Crippen LogP) is 0.936. The number of anilines is 1. The maximum atomic E-state index is 13.3. The lowest BCUT2D eigenvalue weighted by Crippen LogP contribution is -2.43. The summed E-state index contributed by atoms with van der Waals surface area (Å²) in [6.07, 6.45) is 1.64. The minimum absolute atomic E-state index is 0.193. The van der Waals surface area contributed by atoms with E-state index in [1.165, 1.54) is 12.1 Å². The van der Waals surface area contributed by atoms with E-state index in [9.17, 15) is 14.0 Å². The van der Waals surface area contributed by atoms with Crippen LogP contribution in [0.25, 0.3) is 0 Å². The largest absolute Gasteiger partial charge is 0.480 e. The molecule has 1 atom stereocenters. The van der Waals surface area contributed by atoms with Gasteiger partial charge >= 0.3 is 5.97 Å². The first kappa shape index (κ1) is 16.9. The Morgan fingerprint density at radius 2 is 2.00 bits per heavy atom. The number of unbranched alkanes of at least 4 members (excludes halogenated alkanes) is 1. The van der Waals surface area contributed by atoms with Crippen molar-refractivity contribution >= 4 is 17.6 Å². The highest BCUT2D eigenvalue weighted by atomic mass is 19.1. The SMILES string of the molecule is NCCCC[C@H](NC(=O)CNc1ccccc1F)C(=O)O. The molecule has 0 unspecified atom stereocenters. The second-order valence-electron chi connectivity index (χ2n) is 4.58. The standard InChI is InChI=1S/C14H20FN3O3/c15-10-5-1-2-6-11(10)17-9-13(19)18-12(14(20)21)7-3-4-8-16/h1-2,5-6,12,17H,3-4,7-9,16H2,(H,18,19)(H,20,21)/t12-/m0/s1. The predicted molar refractivity (Wildman–Crippen MR) is 77.4 cm³/mol. The van der Waals surface area contributed by atoms with E-state index in [1.54, 1.807) is 12.1 Å². The second kappa shape index (κ2) is 8.91. The van der Waals surface area contributed by atoms with E-state index >= 15 is 0 Å². The third kappa shape index (κ3) is 6.22. The van der Waals surface area contributed by atoms with Crippen molar-refractivity contribution < 1.29 is 19.1 Å². The summed E-state index contributed by atoms with van der Waals surface area (Å²) in [5.41, 5.74) is 5.53. The molecule has 1 aromatic carbocycles. The van der Waals surface area contributed by atoms with Crippen molar-refractivity contribution in [3.05, 3.63) is 30.1 Å². The first-order valence-corrected chi connectivity index (χ1v) is 6.75. The summed E-state index contributed by atoms with van der Waals surface area (Å²) >= 11 is 0. The molecule has 1 aromatic rings. The van der Waals surface area contributed by atoms with Gasteiger partial charge in [0, 0.05) is 0 Å². The van der Waals surface area contributed by atoms with Crippen molar-refractivity contribution in [1.82, 2.24) is 5.32 Å². The molecule has 0 heterocycles. The van der Waals surface area contributed by atoms with Gasteiger partial charge in [-0.2, -0.15) is 0 Å². The molecule has 0 aliphatic heterocycles.